The van der Waals surface area contributed by atoms with Crippen LogP contribution in [-0.4, -0.2) is 30.7 Å². The van der Waals surface area contributed by atoms with Crippen molar-refractivity contribution < 1.29 is 21.5 Å². The van der Waals surface area contributed by atoms with E-state index in [1.54, 1.807) is 0 Å². The van der Waals surface area contributed by atoms with Crippen LogP contribution in [0.3, 0.4) is 0 Å². The van der Waals surface area contributed by atoms with Gasteiger partial charge in [0.2, 0.25) is 0 Å². The zero-order valence-electron chi connectivity index (χ0n) is 8.06. The zero-order chi connectivity index (χ0) is 7.33. The van der Waals surface area contributed by atoms with Crippen molar-refractivity contribution in [2.24, 2.45) is 0 Å². The normalized spacial score (nSPS) is 9.82. The summed E-state index contributed by atoms with van der Waals surface area (Å²) in [4.78, 5) is 0. The largest absolute Gasteiger partial charge is 1.00 e. The number of rotatable bonds is 4. The van der Waals surface area contributed by atoms with E-state index < -0.39 is 0 Å². The molecule has 0 aliphatic heterocycles. The highest BCUT2D eigenvalue weighted by Crippen LogP contribution is 2.03. The Kier molecular flexibility index (Phi) is 14.6. The minimum atomic E-state index is 0. The first kappa shape index (κ1) is 17.9. The molecule has 0 unspecified atom stereocenters. The molecule has 0 aliphatic carbocycles. The van der Waals surface area contributed by atoms with Gasteiger partial charge in [0, 0.05) is 0 Å². The number of hydrogen-bond donors (Lipinski definition) is 0. The third-order valence-corrected chi connectivity index (χ3v) is 2.68. The first-order chi connectivity index (χ1) is 4.24. The van der Waals surface area contributed by atoms with Crippen molar-refractivity contribution in [3.05, 3.63) is 0 Å². The maximum atomic E-state index is 2.27. The summed E-state index contributed by atoms with van der Waals surface area (Å²) in [6, 6.07) is 0. The van der Waals surface area contributed by atoms with Crippen LogP contribution in [0.5, 0.6) is 0 Å². The van der Waals surface area contributed by atoms with Crippen LogP contribution in [0.1, 0.15) is 27.7 Å². The average molecular weight is 291 g/mol. The molecule has 0 saturated heterocycles. The van der Waals surface area contributed by atoms with Crippen molar-refractivity contribution in [2.45, 2.75) is 27.7 Å². The maximum Gasteiger partial charge on any atom is 0.0757 e. The smallest absolute Gasteiger partial charge is 0.0757 e. The molecule has 0 aromatic heterocycles. The Labute approximate surface area is 92.3 Å². The van der Waals surface area contributed by atoms with Crippen molar-refractivity contribution in [1.82, 2.24) is 0 Å². The predicted octanol–water partition coefficient (Wildman–Crippen LogP) is -0.535. The molecule has 11 heavy (non-hydrogen) atoms. The fourth-order valence-corrected chi connectivity index (χ4v) is 1.34. The van der Waals surface area contributed by atoms with Gasteiger partial charge in [0.05, 0.1) is 26.2 Å². The summed E-state index contributed by atoms with van der Waals surface area (Å²) in [5, 5.41) is 0. The fourth-order valence-electron chi connectivity index (χ4n) is 1.34. The highest BCUT2D eigenvalue weighted by atomic mass is 79.9. The molecular weight excluding hydrogens is 270 g/mol. The molecule has 0 aromatic rings. The van der Waals surface area contributed by atoms with Gasteiger partial charge < -0.3 is 21.5 Å². The molecule has 0 radical (unpaired) electrons. The highest BCUT2D eigenvalue weighted by Gasteiger charge is 2.16. The molecule has 0 aliphatic rings. The van der Waals surface area contributed by atoms with Gasteiger partial charge >= 0.3 is 0 Å². The second-order valence-corrected chi connectivity index (χ2v) is 2.61. The summed E-state index contributed by atoms with van der Waals surface area (Å²) < 4.78 is 1.28. The predicted molar refractivity (Wildman–Crippen MR) is 52.7 cm³/mol. The number of halogens is 2. The van der Waals surface area contributed by atoms with Gasteiger partial charge in [0.25, 0.3) is 0 Å². The van der Waals surface area contributed by atoms with Gasteiger partial charge in [-0.2, -0.15) is 0 Å². The standard InChI is InChI=1S/C8H20N.2BrH/c1-5-9(6-2,7-3)8-4;;/h5-8H2,1-4H3;2*1H/q+1;;/p-1. The Morgan fingerprint density at radius 2 is 0.909 bits per heavy atom. The Morgan fingerprint density at radius 1 is 0.727 bits per heavy atom. The van der Waals surface area contributed by atoms with Crippen molar-refractivity contribution >= 4 is 17.0 Å². The molecule has 0 N–H and O–H groups in total. The summed E-state index contributed by atoms with van der Waals surface area (Å²) >= 11 is 0. The molecule has 3 heteroatoms. The van der Waals surface area contributed by atoms with Crippen molar-refractivity contribution in [2.75, 3.05) is 26.2 Å². The Bertz CT molecular complexity index is 55.0. The molecule has 0 heterocycles. The molecule has 0 saturated carbocycles. The van der Waals surface area contributed by atoms with Gasteiger partial charge in [-0.25, -0.2) is 0 Å². The molecule has 0 spiro atoms. The molecular formula is C8H21Br2N. The minimum Gasteiger partial charge on any atom is -1.00 e. The molecule has 0 fully saturated rings. The third-order valence-electron chi connectivity index (χ3n) is 2.68. The van der Waals surface area contributed by atoms with E-state index in [-0.39, 0.29) is 34.0 Å². The van der Waals surface area contributed by atoms with Crippen LogP contribution in [-0.2, 0) is 0 Å². The minimum absolute atomic E-state index is 0. The van der Waals surface area contributed by atoms with Gasteiger partial charge in [-0.05, 0) is 27.7 Å². The zero-order valence-corrected chi connectivity index (χ0v) is 11.4. The summed E-state index contributed by atoms with van der Waals surface area (Å²) in [7, 11) is 0. The monoisotopic (exact) mass is 289 g/mol. The third kappa shape index (κ3) is 5.21. The molecule has 0 bridgehead atoms. The molecule has 72 valence electrons. The van der Waals surface area contributed by atoms with Crippen LogP contribution in [0.15, 0.2) is 0 Å². The van der Waals surface area contributed by atoms with Crippen LogP contribution in [0, 0.1) is 0 Å². The Hall–Kier alpha value is 0.920. The van der Waals surface area contributed by atoms with Crippen LogP contribution in [0.4, 0.5) is 0 Å². The first-order valence-corrected chi connectivity index (χ1v) is 4.09. The molecule has 0 rings (SSSR count). The quantitative estimate of drug-likeness (QED) is 0.611. The van der Waals surface area contributed by atoms with Gasteiger partial charge in [0.1, 0.15) is 0 Å². The van der Waals surface area contributed by atoms with Crippen LogP contribution >= 0.6 is 17.0 Å². The maximum absolute atomic E-state index is 2.27. The van der Waals surface area contributed by atoms with Gasteiger partial charge in [-0.15, -0.1) is 17.0 Å². The van der Waals surface area contributed by atoms with Crippen LogP contribution < -0.4 is 17.0 Å². The molecule has 0 aromatic carbocycles. The van der Waals surface area contributed by atoms with E-state index in [0.29, 0.717) is 0 Å². The fraction of sp³-hybridized carbons (Fsp3) is 1.00. The second kappa shape index (κ2) is 9.01. The molecule has 0 atom stereocenters. The van der Waals surface area contributed by atoms with E-state index in [0.717, 1.165) is 0 Å². The molecule has 0 amide bonds. The van der Waals surface area contributed by atoms with Gasteiger partial charge in [-0.1, -0.05) is 0 Å². The summed E-state index contributed by atoms with van der Waals surface area (Å²) in [5.74, 6) is 0. The lowest BCUT2D eigenvalue weighted by molar-refractivity contribution is -0.921. The van der Waals surface area contributed by atoms with E-state index in [2.05, 4.69) is 27.7 Å². The van der Waals surface area contributed by atoms with E-state index in [1.807, 2.05) is 0 Å². The number of nitrogens with zero attached hydrogens (tertiary/aromatic N) is 1. The van der Waals surface area contributed by atoms with Crippen LogP contribution in [0.2, 0.25) is 0 Å². The van der Waals surface area contributed by atoms with E-state index in [4.69, 9.17) is 0 Å². The van der Waals surface area contributed by atoms with Crippen molar-refractivity contribution in [3.63, 3.8) is 0 Å². The second-order valence-electron chi connectivity index (χ2n) is 2.61. The number of hydrogen-bond acceptors (Lipinski definition) is 0. The lowest BCUT2D eigenvalue weighted by atomic mass is 10.3. The topological polar surface area (TPSA) is 0 Å². The lowest BCUT2D eigenvalue weighted by Gasteiger charge is -2.34. The summed E-state index contributed by atoms with van der Waals surface area (Å²) in [5.41, 5.74) is 0. The number of quaternary nitrogens is 1. The average Bonchev–Trinajstić information content (AvgIpc) is 1.95. The molecule has 1 nitrogen and oxygen atoms in total. The summed E-state index contributed by atoms with van der Waals surface area (Å²) in [6.45, 7) is 14.2. The van der Waals surface area contributed by atoms with E-state index in [9.17, 15) is 0 Å². The SMILES string of the molecule is Br.CC[N+](CC)(CC)CC.[Br-]. The van der Waals surface area contributed by atoms with Gasteiger partial charge in [0.15, 0.2) is 0 Å². The Morgan fingerprint density at radius 3 is 0.909 bits per heavy atom. The lowest BCUT2D eigenvalue weighted by Crippen LogP contribution is -3.00. The summed E-state index contributed by atoms with van der Waals surface area (Å²) in [6.07, 6.45) is 0. The van der Waals surface area contributed by atoms with Crippen LogP contribution in [0.25, 0.3) is 0 Å². The van der Waals surface area contributed by atoms with Crippen molar-refractivity contribution in [1.29, 1.82) is 0 Å². The van der Waals surface area contributed by atoms with Crippen molar-refractivity contribution in [3.8, 4) is 0 Å². The Balaban J connectivity index is -0.000000320. The van der Waals surface area contributed by atoms with Gasteiger partial charge in [-0.3, -0.25) is 0 Å². The van der Waals surface area contributed by atoms with E-state index >= 15 is 0 Å². The highest BCUT2D eigenvalue weighted by molar-refractivity contribution is 8.93. The van der Waals surface area contributed by atoms with E-state index in [1.165, 1.54) is 30.7 Å². The first-order valence-electron chi connectivity index (χ1n) is 4.09.